The second kappa shape index (κ2) is 6.46. The van der Waals surface area contributed by atoms with Crippen LogP contribution in [0.4, 0.5) is 0 Å². The summed E-state index contributed by atoms with van der Waals surface area (Å²) in [7, 11) is 0. The third kappa shape index (κ3) is 4.49. The molecular formula is C12H25NO2. The van der Waals surface area contributed by atoms with Crippen molar-refractivity contribution >= 4 is 0 Å². The van der Waals surface area contributed by atoms with E-state index in [0.717, 1.165) is 32.5 Å². The van der Waals surface area contributed by atoms with Crippen LogP contribution < -0.4 is 5.32 Å². The van der Waals surface area contributed by atoms with Gasteiger partial charge in [0.15, 0.2) is 0 Å². The van der Waals surface area contributed by atoms with Crippen LogP contribution >= 0.6 is 0 Å². The first-order valence-corrected chi connectivity index (χ1v) is 6.13. The summed E-state index contributed by atoms with van der Waals surface area (Å²) in [5, 5.41) is 12.6. The lowest BCUT2D eigenvalue weighted by Crippen LogP contribution is -2.35. The Labute approximate surface area is 93.2 Å². The van der Waals surface area contributed by atoms with Crippen molar-refractivity contribution < 1.29 is 9.84 Å². The molecule has 1 aliphatic heterocycles. The Kier molecular flexibility index (Phi) is 5.58. The molecule has 1 saturated heterocycles. The third-order valence-corrected chi connectivity index (χ3v) is 3.45. The van der Waals surface area contributed by atoms with Crippen molar-refractivity contribution in [3.8, 4) is 0 Å². The van der Waals surface area contributed by atoms with Crippen LogP contribution in [-0.4, -0.2) is 37.5 Å². The lowest BCUT2D eigenvalue weighted by molar-refractivity contribution is 0.100. The van der Waals surface area contributed by atoms with Crippen molar-refractivity contribution in [2.24, 2.45) is 5.41 Å². The average molecular weight is 215 g/mol. The summed E-state index contributed by atoms with van der Waals surface area (Å²) >= 11 is 0. The Morgan fingerprint density at radius 1 is 1.53 bits per heavy atom. The highest BCUT2D eigenvalue weighted by Gasteiger charge is 2.20. The fraction of sp³-hybridized carbons (Fsp3) is 1.00. The van der Waals surface area contributed by atoms with Crippen molar-refractivity contribution in [2.75, 3.05) is 26.3 Å². The van der Waals surface area contributed by atoms with E-state index < -0.39 is 0 Å². The van der Waals surface area contributed by atoms with E-state index in [1.54, 1.807) is 0 Å². The van der Waals surface area contributed by atoms with E-state index in [1.807, 2.05) is 0 Å². The largest absolute Gasteiger partial charge is 0.396 e. The van der Waals surface area contributed by atoms with E-state index in [4.69, 9.17) is 4.74 Å². The van der Waals surface area contributed by atoms with Crippen LogP contribution in [0.1, 0.15) is 39.5 Å². The van der Waals surface area contributed by atoms with Crippen LogP contribution in [0.15, 0.2) is 0 Å². The van der Waals surface area contributed by atoms with E-state index in [9.17, 15) is 5.11 Å². The topological polar surface area (TPSA) is 41.5 Å². The third-order valence-electron chi connectivity index (χ3n) is 3.45. The molecule has 90 valence electrons. The first-order valence-electron chi connectivity index (χ1n) is 6.13. The van der Waals surface area contributed by atoms with Gasteiger partial charge in [-0.05, 0) is 32.2 Å². The van der Waals surface area contributed by atoms with Crippen LogP contribution in [0.2, 0.25) is 0 Å². The highest BCUT2D eigenvalue weighted by atomic mass is 16.5. The maximum Gasteiger partial charge on any atom is 0.0588 e. The standard InChI is InChI=1S/C12H25NO2/c1-3-12(2,10-14)9-13-7-6-11-5-4-8-15-11/h11,13-14H,3-10H2,1-2H3. The molecule has 0 aromatic carbocycles. The van der Waals surface area contributed by atoms with Gasteiger partial charge in [0.25, 0.3) is 0 Å². The smallest absolute Gasteiger partial charge is 0.0588 e. The second-order valence-corrected chi connectivity index (χ2v) is 4.92. The summed E-state index contributed by atoms with van der Waals surface area (Å²) in [5.74, 6) is 0. The van der Waals surface area contributed by atoms with Crippen molar-refractivity contribution in [3.05, 3.63) is 0 Å². The van der Waals surface area contributed by atoms with Gasteiger partial charge in [-0.25, -0.2) is 0 Å². The molecule has 0 saturated carbocycles. The van der Waals surface area contributed by atoms with E-state index in [-0.39, 0.29) is 12.0 Å². The van der Waals surface area contributed by atoms with Crippen LogP contribution in [0.25, 0.3) is 0 Å². The number of aliphatic hydroxyl groups is 1. The lowest BCUT2D eigenvalue weighted by atomic mass is 9.88. The summed E-state index contributed by atoms with van der Waals surface area (Å²) in [6.07, 6.45) is 5.02. The minimum absolute atomic E-state index is 0.0382. The normalized spacial score (nSPS) is 25.4. The quantitative estimate of drug-likeness (QED) is 0.633. The molecule has 3 nitrogen and oxygen atoms in total. The molecule has 2 N–H and O–H groups in total. The summed E-state index contributed by atoms with van der Waals surface area (Å²) in [6, 6.07) is 0. The molecule has 2 unspecified atom stereocenters. The summed E-state index contributed by atoms with van der Waals surface area (Å²) in [5.41, 5.74) is 0.0382. The fourth-order valence-corrected chi connectivity index (χ4v) is 1.82. The molecule has 2 atom stereocenters. The average Bonchev–Trinajstić information content (AvgIpc) is 2.77. The number of rotatable bonds is 7. The Balaban J connectivity index is 2.04. The molecule has 1 rings (SSSR count). The van der Waals surface area contributed by atoms with Crippen LogP contribution in [0, 0.1) is 5.41 Å². The van der Waals surface area contributed by atoms with Crippen molar-refractivity contribution in [1.82, 2.24) is 5.32 Å². The molecule has 0 aromatic heterocycles. The SMILES string of the molecule is CCC(C)(CO)CNCCC1CCCO1. The zero-order chi connectivity index (χ0) is 11.1. The van der Waals surface area contributed by atoms with Gasteiger partial charge in [0, 0.05) is 25.2 Å². The molecule has 1 heterocycles. The van der Waals surface area contributed by atoms with Crippen LogP contribution in [0.5, 0.6) is 0 Å². The Hall–Kier alpha value is -0.120. The zero-order valence-corrected chi connectivity index (χ0v) is 10.1. The molecule has 0 spiro atoms. The number of nitrogens with one attached hydrogen (secondary N) is 1. The Morgan fingerprint density at radius 2 is 2.33 bits per heavy atom. The number of ether oxygens (including phenoxy) is 1. The first kappa shape index (κ1) is 12.9. The minimum atomic E-state index is 0.0382. The van der Waals surface area contributed by atoms with Crippen LogP contribution in [-0.2, 0) is 4.74 Å². The van der Waals surface area contributed by atoms with Gasteiger partial charge in [-0.1, -0.05) is 13.8 Å². The number of hydrogen-bond donors (Lipinski definition) is 2. The summed E-state index contributed by atoms with van der Waals surface area (Å²) in [4.78, 5) is 0. The highest BCUT2D eigenvalue weighted by Crippen LogP contribution is 2.19. The molecule has 3 heteroatoms. The maximum atomic E-state index is 9.23. The van der Waals surface area contributed by atoms with Crippen molar-refractivity contribution in [1.29, 1.82) is 0 Å². The summed E-state index contributed by atoms with van der Waals surface area (Å²) < 4.78 is 5.55. The van der Waals surface area contributed by atoms with Gasteiger partial charge in [-0.3, -0.25) is 0 Å². The van der Waals surface area contributed by atoms with E-state index in [1.165, 1.54) is 12.8 Å². The Bertz CT molecular complexity index is 163. The molecule has 1 fully saturated rings. The van der Waals surface area contributed by atoms with Gasteiger partial charge in [-0.2, -0.15) is 0 Å². The highest BCUT2D eigenvalue weighted by molar-refractivity contribution is 4.75. The Morgan fingerprint density at radius 3 is 2.87 bits per heavy atom. The van der Waals surface area contributed by atoms with Gasteiger partial charge in [0.2, 0.25) is 0 Å². The second-order valence-electron chi connectivity index (χ2n) is 4.92. The minimum Gasteiger partial charge on any atom is -0.396 e. The van der Waals surface area contributed by atoms with E-state index >= 15 is 0 Å². The zero-order valence-electron chi connectivity index (χ0n) is 10.1. The molecule has 0 aliphatic carbocycles. The fourth-order valence-electron chi connectivity index (χ4n) is 1.82. The first-order chi connectivity index (χ1) is 7.20. The molecule has 0 amide bonds. The lowest BCUT2D eigenvalue weighted by Gasteiger charge is -2.26. The van der Waals surface area contributed by atoms with Gasteiger partial charge < -0.3 is 15.2 Å². The molecule has 0 bridgehead atoms. The molecule has 0 aromatic rings. The predicted octanol–water partition coefficient (Wildman–Crippen LogP) is 1.55. The molecule has 15 heavy (non-hydrogen) atoms. The number of aliphatic hydroxyl groups excluding tert-OH is 1. The van der Waals surface area contributed by atoms with Crippen molar-refractivity contribution in [2.45, 2.75) is 45.6 Å². The van der Waals surface area contributed by atoms with E-state index in [2.05, 4.69) is 19.2 Å². The van der Waals surface area contributed by atoms with Crippen LogP contribution in [0.3, 0.4) is 0 Å². The monoisotopic (exact) mass is 215 g/mol. The summed E-state index contributed by atoms with van der Waals surface area (Å²) in [6.45, 7) is 7.33. The maximum absolute atomic E-state index is 9.23. The number of hydrogen-bond acceptors (Lipinski definition) is 3. The van der Waals surface area contributed by atoms with E-state index in [0.29, 0.717) is 6.10 Å². The van der Waals surface area contributed by atoms with Gasteiger partial charge in [-0.15, -0.1) is 0 Å². The predicted molar refractivity (Wildman–Crippen MR) is 61.9 cm³/mol. The van der Waals surface area contributed by atoms with Gasteiger partial charge >= 0.3 is 0 Å². The molecular weight excluding hydrogens is 190 g/mol. The van der Waals surface area contributed by atoms with Gasteiger partial charge in [0.1, 0.15) is 0 Å². The molecule has 1 aliphatic rings. The van der Waals surface area contributed by atoms with Gasteiger partial charge in [0.05, 0.1) is 6.10 Å². The van der Waals surface area contributed by atoms with Crippen molar-refractivity contribution in [3.63, 3.8) is 0 Å². The molecule has 0 radical (unpaired) electrons.